The van der Waals surface area contributed by atoms with Crippen LogP contribution in [0.4, 0.5) is 0 Å². The van der Waals surface area contributed by atoms with E-state index in [0.717, 1.165) is 5.56 Å². The minimum absolute atomic E-state index is 0.214. The van der Waals surface area contributed by atoms with Crippen molar-refractivity contribution in [3.63, 3.8) is 0 Å². The smallest absolute Gasteiger partial charge is 0.317 e. The molecule has 1 fully saturated rings. The molecule has 0 unspecified atom stereocenters. The summed E-state index contributed by atoms with van der Waals surface area (Å²) in [6, 6.07) is 12.0. The number of carbonyl (C=O) groups is 2. The summed E-state index contributed by atoms with van der Waals surface area (Å²) in [6.07, 6.45) is 0.249. The van der Waals surface area contributed by atoms with Crippen molar-refractivity contribution in [2.24, 2.45) is 5.92 Å². The molecule has 3 rings (SSSR count). The van der Waals surface area contributed by atoms with Crippen molar-refractivity contribution in [1.29, 1.82) is 0 Å². The van der Waals surface area contributed by atoms with Crippen LogP contribution in [-0.4, -0.2) is 24.2 Å². The van der Waals surface area contributed by atoms with Gasteiger partial charge in [-0.25, -0.2) is 5.48 Å². The van der Waals surface area contributed by atoms with Gasteiger partial charge in [0.1, 0.15) is 17.8 Å². The van der Waals surface area contributed by atoms with Crippen molar-refractivity contribution in [3.05, 3.63) is 63.6 Å². The highest BCUT2D eigenvalue weighted by Gasteiger charge is 2.65. The van der Waals surface area contributed by atoms with E-state index >= 15 is 0 Å². The molecule has 1 aliphatic rings. The Hall–Kier alpha value is -2.28. The number of hydroxylamine groups is 1. The maximum absolute atomic E-state index is 12.3. The van der Waals surface area contributed by atoms with E-state index in [1.54, 1.807) is 47.9 Å². The Morgan fingerprint density at radius 1 is 1.26 bits per heavy atom. The Balaban J connectivity index is 1.82. The van der Waals surface area contributed by atoms with Gasteiger partial charge >= 0.3 is 5.97 Å². The minimum Gasteiger partial charge on any atom is -0.489 e. The average molecular weight is 410 g/mol. The third kappa shape index (κ3) is 3.74. The van der Waals surface area contributed by atoms with Crippen LogP contribution in [0.2, 0.25) is 10.0 Å². The zero-order valence-corrected chi connectivity index (χ0v) is 15.9. The number of carbonyl (C=O) groups excluding carboxylic acids is 2. The van der Waals surface area contributed by atoms with E-state index in [1.807, 2.05) is 0 Å². The highest BCUT2D eigenvalue weighted by atomic mass is 35.5. The first kappa shape index (κ1) is 19.5. The number of esters is 1. The minimum atomic E-state index is -1.13. The van der Waals surface area contributed by atoms with Gasteiger partial charge in [0.15, 0.2) is 0 Å². The lowest BCUT2D eigenvalue weighted by atomic mass is 9.92. The molecule has 0 radical (unpaired) electrons. The van der Waals surface area contributed by atoms with Gasteiger partial charge < -0.3 is 9.47 Å². The second-order valence-corrected chi connectivity index (χ2v) is 7.09. The van der Waals surface area contributed by atoms with Crippen molar-refractivity contribution < 1.29 is 24.3 Å². The zero-order valence-electron chi connectivity index (χ0n) is 14.4. The number of hydrogen-bond donors (Lipinski definition) is 2. The quantitative estimate of drug-likeness (QED) is 0.433. The maximum Gasteiger partial charge on any atom is 0.317 e. The van der Waals surface area contributed by atoms with Gasteiger partial charge in [-0.05, 0) is 36.2 Å². The summed E-state index contributed by atoms with van der Waals surface area (Å²) in [5, 5.41) is 9.92. The molecule has 8 heteroatoms. The molecule has 6 nitrogen and oxygen atoms in total. The number of ether oxygens (including phenoxy) is 2. The number of methoxy groups -OCH3 is 1. The second kappa shape index (κ2) is 7.76. The fourth-order valence-corrected chi connectivity index (χ4v) is 3.63. The summed E-state index contributed by atoms with van der Waals surface area (Å²) >= 11 is 12.0. The predicted molar refractivity (Wildman–Crippen MR) is 99.0 cm³/mol. The molecule has 0 heterocycles. The molecule has 1 amide bonds. The topological polar surface area (TPSA) is 84.9 Å². The lowest BCUT2D eigenvalue weighted by Gasteiger charge is -2.16. The largest absolute Gasteiger partial charge is 0.489 e. The predicted octanol–water partition coefficient (Wildman–Crippen LogP) is 3.51. The van der Waals surface area contributed by atoms with Gasteiger partial charge in [0, 0.05) is 15.6 Å². The number of halogens is 2. The number of benzene rings is 2. The molecular weight excluding hydrogens is 393 g/mol. The fraction of sp³-hybridized carbons (Fsp3) is 0.263. The van der Waals surface area contributed by atoms with E-state index in [-0.39, 0.29) is 13.0 Å². The summed E-state index contributed by atoms with van der Waals surface area (Å²) in [4.78, 5) is 24.2. The van der Waals surface area contributed by atoms with Crippen molar-refractivity contribution in [3.8, 4) is 5.75 Å². The Labute approximate surface area is 165 Å². The van der Waals surface area contributed by atoms with Crippen LogP contribution in [0.25, 0.3) is 0 Å². The fourth-order valence-electron chi connectivity index (χ4n) is 3.17. The molecule has 0 aromatic heterocycles. The molecule has 27 heavy (non-hydrogen) atoms. The summed E-state index contributed by atoms with van der Waals surface area (Å²) in [5.74, 6) is -1.35. The van der Waals surface area contributed by atoms with Crippen LogP contribution in [0.1, 0.15) is 17.5 Å². The van der Waals surface area contributed by atoms with Gasteiger partial charge in [0.25, 0.3) is 0 Å². The second-order valence-electron chi connectivity index (χ2n) is 6.25. The van der Waals surface area contributed by atoms with E-state index in [4.69, 9.17) is 37.9 Å². The van der Waals surface area contributed by atoms with Gasteiger partial charge in [-0.2, -0.15) is 0 Å². The Kier molecular flexibility index (Phi) is 5.60. The molecule has 2 aromatic carbocycles. The zero-order chi connectivity index (χ0) is 19.6. The van der Waals surface area contributed by atoms with E-state index in [9.17, 15) is 9.59 Å². The lowest BCUT2D eigenvalue weighted by Crippen LogP contribution is -2.31. The summed E-state index contributed by atoms with van der Waals surface area (Å²) in [6.45, 7) is 0.214. The summed E-state index contributed by atoms with van der Waals surface area (Å²) in [7, 11) is 1.26. The van der Waals surface area contributed by atoms with E-state index < -0.39 is 23.2 Å². The molecular formula is C19H17Cl2NO5. The molecule has 142 valence electrons. The first-order chi connectivity index (χ1) is 12.9. The number of hydrogen-bond acceptors (Lipinski definition) is 5. The standard InChI is InChI=1S/C19H17Cl2NO5/c1-26-18(24)19(9-15(19)17(23)22-25)12-3-2-4-14(7-12)27-10-11-5-6-13(20)8-16(11)21/h2-8,15,25H,9-10H2,1H3,(H,22,23)/t15-,19-/m0/s1. The first-order valence-electron chi connectivity index (χ1n) is 8.12. The maximum atomic E-state index is 12.3. The molecule has 0 aliphatic heterocycles. The van der Waals surface area contributed by atoms with Crippen LogP contribution in [-0.2, 0) is 26.3 Å². The van der Waals surface area contributed by atoms with Crippen LogP contribution >= 0.6 is 23.2 Å². The Morgan fingerprint density at radius 3 is 2.70 bits per heavy atom. The van der Waals surface area contributed by atoms with E-state index in [1.165, 1.54) is 7.11 Å². The molecule has 0 spiro atoms. The van der Waals surface area contributed by atoms with Gasteiger partial charge in [0.2, 0.25) is 5.91 Å². The SMILES string of the molecule is COC(=O)[C@]1(c2cccc(OCc3ccc(Cl)cc3Cl)c2)C[C@H]1C(=O)NO. The van der Waals surface area contributed by atoms with Crippen molar-refractivity contribution in [1.82, 2.24) is 5.48 Å². The molecule has 1 aliphatic carbocycles. The summed E-state index contributed by atoms with van der Waals surface area (Å²) in [5.41, 5.74) is 1.82. The van der Waals surface area contributed by atoms with Crippen LogP contribution in [0.5, 0.6) is 5.75 Å². The van der Waals surface area contributed by atoms with Crippen molar-refractivity contribution >= 4 is 35.1 Å². The molecule has 1 saturated carbocycles. The lowest BCUT2D eigenvalue weighted by molar-refractivity contribution is -0.146. The van der Waals surface area contributed by atoms with Gasteiger partial charge in [0.05, 0.1) is 13.0 Å². The van der Waals surface area contributed by atoms with Crippen molar-refractivity contribution in [2.45, 2.75) is 18.4 Å². The Morgan fingerprint density at radius 2 is 2.04 bits per heavy atom. The van der Waals surface area contributed by atoms with Crippen LogP contribution in [0, 0.1) is 5.92 Å². The van der Waals surface area contributed by atoms with Crippen LogP contribution in [0.15, 0.2) is 42.5 Å². The third-order valence-corrected chi connectivity index (χ3v) is 5.28. The number of nitrogens with one attached hydrogen (secondary N) is 1. The van der Waals surface area contributed by atoms with Gasteiger partial charge in [-0.15, -0.1) is 0 Å². The van der Waals surface area contributed by atoms with Gasteiger partial charge in [-0.3, -0.25) is 14.8 Å². The third-order valence-electron chi connectivity index (χ3n) is 4.70. The van der Waals surface area contributed by atoms with Gasteiger partial charge in [-0.1, -0.05) is 41.4 Å². The molecule has 2 atom stereocenters. The normalized spacial score (nSPS) is 20.7. The molecule has 0 bridgehead atoms. The number of rotatable bonds is 6. The monoisotopic (exact) mass is 409 g/mol. The highest BCUT2D eigenvalue weighted by Crippen LogP contribution is 2.55. The van der Waals surface area contributed by atoms with E-state index in [0.29, 0.717) is 21.4 Å². The molecule has 0 saturated heterocycles. The average Bonchev–Trinajstić information content (AvgIpc) is 3.43. The van der Waals surface area contributed by atoms with Crippen LogP contribution < -0.4 is 10.2 Å². The molecule has 2 aromatic rings. The van der Waals surface area contributed by atoms with E-state index in [2.05, 4.69) is 0 Å². The first-order valence-corrected chi connectivity index (χ1v) is 8.87. The van der Waals surface area contributed by atoms with Crippen LogP contribution in [0.3, 0.4) is 0 Å². The number of amides is 1. The summed E-state index contributed by atoms with van der Waals surface area (Å²) < 4.78 is 10.7. The molecule has 2 N–H and O–H groups in total. The Bertz CT molecular complexity index is 888. The van der Waals surface area contributed by atoms with Crippen molar-refractivity contribution in [2.75, 3.05) is 7.11 Å². The highest BCUT2D eigenvalue weighted by molar-refractivity contribution is 6.35.